The van der Waals surface area contributed by atoms with Crippen molar-refractivity contribution in [2.45, 2.75) is 17.7 Å². The van der Waals surface area contributed by atoms with Gasteiger partial charge in [0.05, 0.1) is 26.7 Å². The lowest BCUT2D eigenvalue weighted by Gasteiger charge is -2.17. The van der Waals surface area contributed by atoms with Crippen LogP contribution in [0.15, 0.2) is 28.7 Å². The van der Waals surface area contributed by atoms with Crippen LogP contribution in [-0.4, -0.2) is 23.5 Å². The van der Waals surface area contributed by atoms with Crippen LogP contribution in [0.2, 0.25) is 0 Å². The number of hydrogen-bond acceptors (Lipinski definition) is 6. The maximum absolute atomic E-state index is 13.1. The molecule has 0 bridgehead atoms. The summed E-state index contributed by atoms with van der Waals surface area (Å²) in [5, 5.41) is 11.4. The zero-order chi connectivity index (χ0) is 21.3. The highest BCUT2D eigenvalue weighted by Crippen LogP contribution is 2.50. The van der Waals surface area contributed by atoms with Gasteiger partial charge in [-0.15, -0.1) is 23.5 Å². The van der Waals surface area contributed by atoms with Gasteiger partial charge in [0.1, 0.15) is 0 Å². The minimum absolute atomic E-state index is 0.159. The monoisotopic (exact) mass is 509 g/mol. The van der Waals surface area contributed by atoms with E-state index in [4.69, 9.17) is 9.47 Å². The molecule has 3 rings (SSSR count). The van der Waals surface area contributed by atoms with E-state index in [1.165, 1.54) is 14.0 Å². The number of thioether (sulfide) groups is 2. The zero-order valence-electron chi connectivity index (χ0n) is 15.2. The Bertz CT molecular complexity index is 950. The van der Waals surface area contributed by atoms with Gasteiger partial charge in [-0.25, -0.2) is 0 Å². The largest absolute Gasteiger partial charge is 0.493 e. The average molecular weight is 510 g/mol. The Morgan fingerprint density at radius 2 is 1.83 bits per heavy atom. The van der Waals surface area contributed by atoms with Gasteiger partial charge in [0.2, 0.25) is 5.75 Å². The van der Waals surface area contributed by atoms with Gasteiger partial charge in [0.25, 0.3) is 0 Å². The Morgan fingerprint density at radius 3 is 2.38 bits per heavy atom. The molecule has 1 heterocycles. The van der Waals surface area contributed by atoms with Crippen molar-refractivity contribution >= 4 is 45.1 Å². The van der Waals surface area contributed by atoms with Crippen molar-refractivity contribution in [2.24, 2.45) is 0 Å². The molecular weight excluding hydrogens is 495 g/mol. The van der Waals surface area contributed by atoms with Crippen molar-refractivity contribution in [1.82, 2.24) is 0 Å². The number of rotatable bonds is 5. The molecule has 0 radical (unpaired) electrons. The topological polar surface area (TPSA) is 61.6 Å². The lowest BCUT2D eigenvalue weighted by molar-refractivity contribution is -0.385. The summed E-state index contributed by atoms with van der Waals surface area (Å²) >= 11 is 6.99. The lowest BCUT2D eigenvalue weighted by atomic mass is 10.1. The molecular formula is C18H15BrF3NO4S2. The number of nitro benzene ring substituents is 1. The Kier molecular flexibility index (Phi) is 6.59. The zero-order valence-corrected chi connectivity index (χ0v) is 18.4. The summed E-state index contributed by atoms with van der Waals surface area (Å²) in [5.41, 5.74) is -1.04. The van der Waals surface area contributed by atoms with E-state index in [-0.39, 0.29) is 21.6 Å². The second-order valence-electron chi connectivity index (χ2n) is 6.10. The molecule has 0 aromatic heterocycles. The van der Waals surface area contributed by atoms with E-state index in [0.29, 0.717) is 16.3 Å². The normalized spacial score (nSPS) is 14.8. The van der Waals surface area contributed by atoms with Crippen molar-refractivity contribution in [3.05, 3.63) is 55.5 Å². The molecule has 0 N–H and O–H groups in total. The van der Waals surface area contributed by atoms with Crippen LogP contribution < -0.4 is 9.47 Å². The van der Waals surface area contributed by atoms with Crippen LogP contribution in [-0.2, 0) is 6.18 Å². The Labute approximate surface area is 181 Å². The minimum atomic E-state index is -4.70. The standard InChI is InChI=1S/C18H15BrF3NO4S2/c1-9-5-14(13(23(24)25)8-11(9)18(20,21)22)27-16-12(19)6-10(7-15(16)26-2)17-28-3-4-29-17/h5-8,17H,3-4H2,1-2H3. The van der Waals surface area contributed by atoms with Gasteiger partial charge in [-0.3, -0.25) is 10.1 Å². The second-order valence-corrected chi connectivity index (χ2v) is 9.68. The Hall–Kier alpha value is -1.59. The summed E-state index contributed by atoms with van der Waals surface area (Å²) in [4.78, 5) is 10.5. The van der Waals surface area contributed by atoms with Crippen molar-refractivity contribution in [3.8, 4) is 17.2 Å². The average Bonchev–Trinajstić information content (AvgIpc) is 3.16. The van der Waals surface area contributed by atoms with Crippen molar-refractivity contribution in [3.63, 3.8) is 0 Å². The number of ether oxygens (including phenoxy) is 2. The Balaban J connectivity index is 2.05. The van der Waals surface area contributed by atoms with E-state index in [1.54, 1.807) is 29.6 Å². The summed E-state index contributed by atoms with van der Waals surface area (Å²) in [6.45, 7) is 1.23. The number of aryl methyl sites for hydroxylation is 1. The van der Waals surface area contributed by atoms with Crippen LogP contribution in [0, 0.1) is 17.0 Å². The molecule has 11 heteroatoms. The number of nitro groups is 1. The number of nitrogens with zero attached hydrogens (tertiary/aromatic N) is 1. The first kappa shape index (κ1) is 22.1. The molecule has 0 spiro atoms. The number of hydrogen-bond donors (Lipinski definition) is 0. The van der Waals surface area contributed by atoms with Crippen LogP contribution in [0.3, 0.4) is 0 Å². The van der Waals surface area contributed by atoms with Crippen LogP contribution in [0.25, 0.3) is 0 Å². The summed E-state index contributed by atoms with van der Waals surface area (Å²) in [7, 11) is 1.43. The first-order chi connectivity index (χ1) is 13.6. The molecule has 29 heavy (non-hydrogen) atoms. The molecule has 2 aromatic carbocycles. The minimum Gasteiger partial charge on any atom is -0.493 e. The van der Waals surface area contributed by atoms with Crippen LogP contribution >= 0.6 is 39.5 Å². The van der Waals surface area contributed by atoms with Gasteiger partial charge in [-0.05, 0) is 52.2 Å². The second kappa shape index (κ2) is 8.65. The molecule has 2 aromatic rings. The molecule has 0 unspecified atom stereocenters. The van der Waals surface area contributed by atoms with Crippen LogP contribution in [0.5, 0.6) is 17.2 Å². The third-order valence-corrected chi connectivity index (χ3v) is 7.86. The fourth-order valence-electron chi connectivity index (χ4n) is 2.84. The van der Waals surface area contributed by atoms with Crippen molar-refractivity contribution in [1.29, 1.82) is 0 Å². The van der Waals surface area contributed by atoms with E-state index in [9.17, 15) is 23.3 Å². The lowest BCUT2D eigenvalue weighted by Crippen LogP contribution is -2.09. The number of methoxy groups -OCH3 is 1. The van der Waals surface area contributed by atoms with Gasteiger partial charge in [-0.2, -0.15) is 13.2 Å². The molecule has 0 amide bonds. The smallest absolute Gasteiger partial charge is 0.416 e. The third kappa shape index (κ3) is 4.77. The highest BCUT2D eigenvalue weighted by atomic mass is 79.9. The molecule has 5 nitrogen and oxygen atoms in total. The quantitative estimate of drug-likeness (QED) is 0.320. The molecule has 0 saturated carbocycles. The van der Waals surface area contributed by atoms with E-state index >= 15 is 0 Å². The van der Waals surface area contributed by atoms with Crippen molar-refractivity contribution in [2.75, 3.05) is 18.6 Å². The number of benzene rings is 2. The summed E-state index contributed by atoms with van der Waals surface area (Å²) in [6.07, 6.45) is -4.70. The number of halogens is 4. The summed E-state index contributed by atoms with van der Waals surface area (Å²) in [5.74, 6) is 2.26. The SMILES string of the molecule is COc1cc(C2SCCS2)cc(Br)c1Oc1cc(C)c(C(F)(F)F)cc1[N+](=O)[O-]. The molecule has 0 aliphatic carbocycles. The van der Waals surface area contributed by atoms with Gasteiger partial charge in [0, 0.05) is 17.6 Å². The van der Waals surface area contributed by atoms with E-state index in [1.807, 2.05) is 6.07 Å². The van der Waals surface area contributed by atoms with Gasteiger partial charge < -0.3 is 9.47 Å². The van der Waals surface area contributed by atoms with E-state index in [2.05, 4.69) is 15.9 Å². The molecule has 1 aliphatic heterocycles. The molecule has 156 valence electrons. The summed E-state index contributed by atoms with van der Waals surface area (Å²) < 4.78 is 51.2. The van der Waals surface area contributed by atoms with Gasteiger partial charge in [-0.1, -0.05) is 0 Å². The molecule has 0 atom stereocenters. The highest BCUT2D eigenvalue weighted by molar-refractivity contribution is 9.10. The maximum Gasteiger partial charge on any atom is 0.416 e. The van der Waals surface area contributed by atoms with E-state index in [0.717, 1.165) is 23.1 Å². The van der Waals surface area contributed by atoms with Crippen LogP contribution in [0.4, 0.5) is 18.9 Å². The fourth-order valence-corrected chi connectivity index (χ4v) is 6.19. The first-order valence-electron chi connectivity index (χ1n) is 8.26. The predicted octanol–water partition coefficient (Wildman–Crippen LogP) is 6.96. The molecule has 1 aliphatic rings. The fraction of sp³-hybridized carbons (Fsp3) is 0.333. The maximum atomic E-state index is 13.1. The van der Waals surface area contributed by atoms with Gasteiger partial charge in [0.15, 0.2) is 11.5 Å². The number of alkyl halides is 3. The predicted molar refractivity (Wildman–Crippen MR) is 111 cm³/mol. The summed E-state index contributed by atoms with van der Waals surface area (Å²) in [6, 6.07) is 5.12. The van der Waals surface area contributed by atoms with Gasteiger partial charge >= 0.3 is 11.9 Å². The third-order valence-electron chi connectivity index (χ3n) is 4.17. The Morgan fingerprint density at radius 1 is 1.17 bits per heavy atom. The first-order valence-corrected chi connectivity index (χ1v) is 11.2. The van der Waals surface area contributed by atoms with Crippen molar-refractivity contribution < 1.29 is 27.6 Å². The van der Waals surface area contributed by atoms with E-state index < -0.39 is 22.4 Å². The van der Waals surface area contributed by atoms with Crippen LogP contribution in [0.1, 0.15) is 21.3 Å². The molecule has 1 fully saturated rings. The molecule has 1 saturated heterocycles. The highest BCUT2D eigenvalue weighted by Gasteiger charge is 2.36.